The molecule has 0 amide bonds. The molecule has 21 heavy (non-hydrogen) atoms. The van der Waals surface area contributed by atoms with Gasteiger partial charge in [-0.2, -0.15) is 0 Å². The first-order chi connectivity index (χ1) is 10.3. The smallest absolute Gasteiger partial charge is 0.147 e. The maximum absolute atomic E-state index is 6.51. The second-order valence-electron chi connectivity index (χ2n) is 5.99. The lowest BCUT2D eigenvalue weighted by Crippen LogP contribution is -2.44. The molecule has 2 aliphatic rings. The largest absolute Gasteiger partial charge is 0.355 e. The van der Waals surface area contributed by atoms with E-state index >= 15 is 0 Å². The maximum atomic E-state index is 6.51. The number of rotatable bonds is 1. The van der Waals surface area contributed by atoms with Gasteiger partial charge < -0.3 is 10.6 Å². The van der Waals surface area contributed by atoms with Crippen LogP contribution in [0, 0.1) is 5.41 Å². The van der Waals surface area contributed by atoms with Gasteiger partial charge in [0.2, 0.25) is 0 Å². The van der Waals surface area contributed by atoms with Crippen molar-refractivity contribution in [2.24, 2.45) is 11.1 Å². The second kappa shape index (κ2) is 4.73. The zero-order valence-electron chi connectivity index (χ0n) is 11.8. The van der Waals surface area contributed by atoms with Crippen molar-refractivity contribution in [2.75, 3.05) is 18.0 Å². The summed E-state index contributed by atoms with van der Waals surface area (Å²) in [4.78, 5) is 19.4. The highest BCUT2D eigenvalue weighted by Gasteiger charge is 2.46. The molecule has 6 nitrogen and oxygen atoms in total. The molecule has 1 spiro atoms. The number of aromatic nitrogens is 4. The molecule has 2 N–H and O–H groups in total. The van der Waals surface area contributed by atoms with Crippen LogP contribution in [0.1, 0.15) is 30.1 Å². The van der Waals surface area contributed by atoms with Crippen molar-refractivity contribution in [2.45, 2.75) is 25.3 Å². The number of hydrogen-bond donors (Lipinski definition) is 1. The van der Waals surface area contributed by atoms with E-state index in [1.54, 1.807) is 18.7 Å². The van der Waals surface area contributed by atoms with Gasteiger partial charge in [-0.05, 0) is 24.7 Å². The third-order valence-electron chi connectivity index (χ3n) is 4.97. The van der Waals surface area contributed by atoms with Crippen molar-refractivity contribution in [3.05, 3.63) is 42.4 Å². The molecular weight excluding hydrogens is 264 g/mol. The van der Waals surface area contributed by atoms with E-state index in [2.05, 4.69) is 24.8 Å². The molecule has 0 saturated carbocycles. The van der Waals surface area contributed by atoms with Gasteiger partial charge in [-0.25, -0.2) is 15.0 Å². The number of nitrogens with zero attached hydrogens (tertiary/aromatic N) is 5. The topological polar surface area (TPSA) is 80.8 Å². The zero-order chi connectivity index (χ0) is 14.3. The molecular formula is C15H18N6. The first kappa shape index (κ1) is 12.6. The molecule has 1 fully saturated rings. The van der Waals surface area contributed by atoms with E-state index in [4.69, 9.17) is 5.73 Å². The number of nitrogens with two attached hydrogens (primary N) is 1. The van der Waals surface area contributed by atoms with Crippen LogP contribution in [0.3, 0.4) is 0 Å². The average Bonchev–Trinajstić information content (AvgIpc) is 2.82. The van der Waals surface area contributed by atoms with Crippen LogP contribution in [0.4, 0.5) is 5.82 Å². The minimum absolute atomic E-state index is 0.0534. The van der Waals surface area contributed by atoms with Crippen molar-refractivity contribution in [3.8, 4) is 0 Å². The van der Waals surface area contributed by atoms with Gasteiger partial charge in [0.1, 0.15) is 12.1 Å². The summed E-state index contributed by atoms with van der Waals surface area (Å²) in [5.41, 5.74) is 8.91. The maximum Gasteiger partial charge on any atom is 0.147 e. The van der Waals surface area contributed by atoms with E-state index in [-0.39, 0.29) is 11.5 Å². The minimum Gasteiger partial charge on any atom is -0.355 e. The highest BCUT2D eigenvalue weighted by molar-refractivity contribution is 5.38. The molecule has 0 radical (unpaired) electrons. The molecule has 1 unspecified atom stereocenters. The zero-order valence-corrected chi connectivity index (χ0v) is 11.8. The Bertz CT molecular complexity index is 636. The average molecular weight is 282 g/mol. The van der Waals surface area contributed by atoms with Crippen LogP contribution in [0.25, 0.3) is 0 Å². The molecule has 2 aromatic heterocycles. The van der Waals surface area contributed by atoms with Gasteiger partial charge in [0, 0.05) is 49.0 Å². The van der Waals surface area contributed by atoms with Crippen LogP contribution in [0.5, 0.6) is 0 Å². The summed E-state index contributed by atoms with van der Waals surface area (Å²) < 4.78 is 0. The van der Waals surface area contributed by atoms with Gasteiger partial charge in [-0.1, -0.05) is 0 Å². The van der Waals surface area contributed by atoms with Crippen molar-refractivity contribution >= 4 is 5.82 Å². The van der Waals surface area contributed by atoms with Gasteiger partial charge in [-0.3, -0.25) is 4.98 Å². The number of fused-ring (bicyclic) bond motifs is 1. The monoisotopic (exact) mass is 282 g/mol. The van der Waals surface area contributed by atoms with Crippen molar-refractivity contribution in [1.29, 1.82) is 0 Å². The number of anilines is 1. The molecule has 4 rings (SSSR count). The highest BCUT2D eigenvalue weighted by atomic mass is 15.2. The molecule has 108 valence electrons. The fourth-order valence-corrected chi connectivity index (χ4v) is 3.67. The quantitative estimate of drug-likeness (QED) is 0.844. The standard InChI is InChI=1S/C15H18N6/c16-14-11-8-18-10-20-12(11)7-15(14)1-5-21(6-2-15)13-9-17-3-4-19-13/h3-4,8-10,14H,1-2,5-7,16H2. The third kappa shape index (κ3) is 1.98. The predicted octanol–water partition coefficient (Wildman–Crippen LogP) is 1.11. The Hall–Kier alpha value is -2.08. The number of piperidine rings is 1. The molecule has 3 heterocycles. The van der Waals surface area contributed by atoms with E-state index in [9.17, 15) is 0 Å². The van der Waals surface area contributed by atoms with Gasteiger partial charge in [-0.15, -0.1) is 0 Å². The molecule has 1 atom stereocenters. The van der Waals surface area contributed by atoms with Crippen LogP contribution < -0.4 is 10.6 Å². The lowest BCUT2D eigenvalue weighted by molar-refractivity contribution is 0.186. The SMILES string of the molecule is NC1c2cncnc2CC12CCN(c1cnccn1)CC2. The van der Waals surface area contributed by atoms with Gasteiger partial charge in [0.25, 0.3) is 0 Å². The summed E-state index contributed by atoms with van der Waals surface area (Å²) >= 11 is 0. The Morgan fingerprint density at radius 1 is 1.10 bits per heavy atom. The predicted molar refractivity (Wildman–Crippen MR) is 78.6 cm³/mol. The van der Waals surface area contributed by atoms with Crippen LogP contribution in [-0.2, 0) is 6.42 Å². The van der Waals surface area contributed by atoms with Crippen molar-refractivity contribution in [3.63, 3.8) is 0 Å². The third-order valence-corrected chi connectivity index (χ3v) is 4.97. The van der Waals surface area contributed by atoms with Crippen LogP contribution in [0.15, 0.2) is 31.1 Å². The minimum atomic E-state index is 0.0534. The summed E-state index contributed by atoms with van der Waals surface area (Å²) in [5, 5.41) is 0. The normalized spacial score (nSPS) is 23.3. The summed E-state index contributed by atoms with van der Waals surface area (Å²) in [5.74, 6) is 0.955. The second-order valence-corrected chi connectivity index (χ2v) is 5.99. The highest BCUT2D eigenvalue weighted by Crippen LogP contribution is 2.50. The Morgan fingerprint density at radius 3 is 2.67 bits per heavy atom. The Kier molecular flexibility index (Phi) is 2.85. The Morgan fingerprint density at radius 2 is 1.95 bits per heavy atom. The van der Waals surface area contributed by atoms with Crippen LogP contribution >= 0.6 is 0 Å². The summed E-state index contributed by atoms with van der Waals surface area (Å²) in [6.45, 7) is 1.93. The number of hydrogen-bond acceptors (Lipinski definition) is 6. The summed E-state index contributed by atoms with van der Waals surface area (Å²) in [6.07, 6.45) is 11.9. The summed E-state index contributed by atoms with van der Waals surface area (Å²) in [7, 11) is 0. The van der Waals surface area contributed by atoms with E-state index < -0.39 is 0 Å². The van der Waals surface area contributed by atoms with Crippen LogP contribution in [0.2, 0.25) is 0 Å². The molecule has 0 aromatic carbocycles. The molecule has 1 saturated heterocycles. The first-order valence-electron chi connectivity index (χ1n) is 7.34. The molecule has 1 aliphatic heterocycles. The fraction of sp³-hybridized carbons (Fsp3) is 0.467. The van der Waals surface area contributed by atoms with Gasteiger partial charge in [0.15, 0.2) is 0 Å². The van der Waals surface area contributed by atoms with E-state index in [1.807, 2.05) is 12.4 Å². The first-order valence-corrected chi connectivity index (χ1v) is 7.34. The van der Waals surface area contributed by atoms with Crippen molar-refractivity contribution in [1.82, 2.24) is 19.9 Å². The fourth-order valence-electron chi connectivity index (χ4n) is 3.67. The molecule has 0 bridgehead atoms. The lowest BCUT2D eigenvalue weighted by Gasteiger charge is -2.42. The van der Waals surface area contributed by atoms with Gasteiger partial charge in [0.05, 0.1) is 6.20 Å². The summed E-state index contributed by atoms with van der Waals surface area (Å²) in [6, 6.07) is 0.0534. The Labute approximate surface area is 123 Å². The van der Waals surface area contributed by atoms with E-state index in [1.165, 1.54) is 0 Å². The molecule has 6 heteroatoms. The Balaban J connectivity index is 1.54. The lowest BCUT2D eigenvalue weighted by atomic mass is 9.73. The van der Waals surface area contributed by atoms with Gasteiger partial charge >= 0.3 is 0 Å². The molecule has 2 aromatic rings. The van der Waals surface area contributed by atoms with E-state index in [0.717, 1.165) is 49.4 Å². The molecule has 1 aliphatic carbocycles. The van der Waals surface area contributed by atoms with Crippen molar-refractivity contribution < 1.29 is 0 Å². The van der Waals surface area contributed by atoms with E-state index in [0.29, 0.717) is 0 Å². The van der Waals surface area contributed by atoms with Crippen LogP contribution in [-0.4, -0.2) is 33.0 Å².